The zero-order valence-corrected chi connectivity index (χ0v) is 17.7. The first-order valence-electron chi connectivity index (χ1n) is 9.31. The van der Waals surface area contributed by atoms with E-state index >= 15 is 0 Å². The Morgan fingerprint density at radius 3 is 2.59 bits per heavy atom. The van der Waals surface area contributed by atoms with Crippen molar-refractivity contribution in [2.45, 2.75) is 26.3 Å². The summed E-state index contributed by atoms with van der Waals surface area (Å²) in [5.74, 6) is 0.379. The quantitative estimate of drug-likeness (QED) is 0.783. The molecule has 0 spiro atoms. The van der Waals surface area contributed by atoms with Crippen molar-refractivity contribution in [3.63, 3.8) is 0 Å². The molecule has 7 nitrogen and oxygen atoms in total. The summed E-state index contributed by atoms with van der Waals surface area (Å²) in [5, 5.41) is 6.11. The lowest BCUT2D eigenvalue weighted by atomic mass is 9.97. The van der Waals surface area contributed by atoms with E-state index in [2.05, 4.69) is 9.82 Å². The molecule has 154 valence electrons. The maximum absolute atomic E-state index is 12.8. The Hall–Kier alpha value is -2.87. The van der Waals surface area contributed by atoms with Crippen LogP contribution >= 0.6 is 0 Å². The van der Waals surface area contributed by atoms with E-state index in [0.717, 1.165) is 11.8 Å². The zero-order valence-electron chi connectivity index (χ0n) is 16.9. The molecule has 0 unspecified atom stereocenters. The van der Waals surface area contributed by atoms with Crippen LogP contribution in [0.15, 0.2) is 53.6 Å². The van der Waals surface area contributed by atoms with Crippen LogP contribution in [0.2, 0.25) is 0 Å². The van der Waals surface area contributed by atoms with Gasteiger partial charge in [-0.15, -0.1) is 0 Å². The highest BCUT2D eigenvalue weighted by Crippen LogP contribution is 2.36. The molecule has 1 aliphatic rings. The largest absolute Gasteiger partial charge is 0.497 e. The third-order valence-corrected chi connectivity index (χ3v) is 5.23. The van der Waals surface area contributed by atoms with Crippen molar-refractivity contribution in [1.29, 1.82) is 0 Å². The molecule has 1 atom stereocenters. The fraction of sp³-hybridized carbons (Fsp3) is 0.333. The Morgan fingerprint density at radius 1 is 1.21 bits per heavy atom. The average Bonchev–Trinajstić information content (AvgIpc) is 3.11. The number of benzene rings is 2. The molecule has 1 heterocycles. The van der Waals surface area contributed by atoms with Gasteiger partial charge in [-0.2, -0.15) is 5.10 Å². The predicted molar refractivity (Wildman–Crippen MR) is 113 cm³/mol. The second-order valence-electron chi connectivity index (χ2n) is 7.30. The summed E-state index contributed by atoms with van der Waals surface area (Å²) < 4.78 is 31.4. The lowest BCUT2D eigenvalue weighted by molar-refractivity contribution is -0.136. The molecular weight excluding hydrogens is 390 g/mol. The molecule has 2 aromatic carbocycles. The van der Waals surface area contributed by atoms with Crippen LogP contribution in [0.25, 0.3) is 0 Å². The molecule has 0 saturated heterocycles. The van der Waals surface area contributed by atoms with Crippen LogP contribution in [0, 0.1) is 5.92 Å². The number of sulfonamides is 1. The van der Waals surface area contributed by atoms with Crippen LogP contribution in [0.5, 0.6) is 5.75 Å². The van der Waals surface area contributed by atoms with E-state index in [1.807, 2.05) is 44.2 Å². The van der Waals surface area contributed by atoms with E-state index in [9.17, 15) is 13.2 Å². The molecular formula is C21H25N3O4S. The van der Waals surface area contributed by atoms with E-state index in [-0.39, 0.29) is 17.9 Å². The van der Waals surface area contributed by atoms with Crippen LogP contribution < -0.4 is 9.46 Å². The number of anilines is 1. The molecule has 8 heteroatoms. The van der Waals surface area contributed by atoms with E-state index in [1.54, 1.807) is 25.3 Å². The molecule has 0 aromatic heterocycles. The second kappa shape index (κ2) is 8.24. The van der Waals surface area contributed by atoms with Crippen molar-refractivity contribution in [2.75, 3.05) is 18.1 Å². The zero-order chi connectivity index (χ0) is 21.2. The van der Waals surface area contributed by atoms with Crippen molar-refractivity contribution in [1.82, 2.24) is 5.01 Å². The van der Waals surface area contributed by atoms with Gasteiger partial charge in [0, 0.05) is 17.9 Å². The van der Waals surface area contributed by atoms with E-state index in [4.69, 9.17) is 4.74 Å². The van der Waals surface area contributed by atoms with E-state index < -0.39 is 10.0 Å². The minimum absolute atomic E-state index is 0.0960. The standard InChI is InChI=1S/C21H25N3O4S/c1-14(2)21(25)24-20(15-8-7-9-16(12-15)28-3)13-19(22-24)17-10-5-6-11-18(17)23-29(4,26)27/h5-12,14,20,23H,13H2,1-4H3/t20-/m1/s1. The minimum atomic E-state index is -3.45. The number of amides is 1. The van der Waals surface area contributed by atoms with E-state index in [1.165, 1.54) is 5.01 Å². The number of hydrogen-bond donors (Lipinski definition) is 1. The van der Waals surface area contributed by atoms with Gasteiger partial charge < -0.3 is 4.74 Å². The van der Waals surface area contributed by atoms with Crippen LogP contribution in [0.4, 0.5) is 5.69 Å². The van der Waals surface area contributed by atoms with Gasteiger partial charge >= 0.3 is 0 Å². The Bertz CT molecular complexity index is 1050. The van der Waals surface area contributed by atoms with E-state index in [0.29, 0.717) is 29.1 Å². The maximum Gasteiger partial charge on any atom is 0.245 e. The number of hydrazone groups is 1. The van der Waals surface area contributed by atoms with Crippen LogP contribution in [0.1, 0.15) is 37.4 Å². The highest BCUT2D eigenvalue weighted by molar-refractivity contribution is 7.92. The summed E-state index contributed by atoms with van der Waals surface area (Å²) in [6.45, 7) is 3.66. The summed E-state index contributed by atoms with van der Waals surface area (Å²) in [6, 6.07) is 14.3. The third kappa shape index (κ3) is 4.76. The summed E-state index contributed by atoms with van der Waals surface area (Å²) in [4.78, 5) is 12.8. The molecule has 2 aromatic rings. The molecule has 1 amide bonds. The van der Waals surface area contributed by atoms with Crippen molar-refractivity contribution < 1.29 is 17.9 Å². The molecule has 1 N–H and O–H groups in total. The molecule has 0 aliphatic carbocycles. The average molecular weight is 416 g/mol. The van der Waals surface area contributed by atoms with Crippen molar-refractivity contribution in [2.24, 2.45) is 11.0 Å². The van der Waals surface area contributed by atoms with Gasteiger partial charge in [-0.3, -0.25) is 9.52 Å². The van der Waals surface area contributed by atoms with Crippen molar-refractivity contribution in [3.8, 4) is 5.75 Å². The summed E-state index contributed by atoms with van der Waals surface area (Å²) in [5.41, 5.74) is 2.66. The lowest BCUT2D eigenvalue weighted by Gasteiger charge is -2.24. The van der Waals surface area contributed by atoms with Gasteiger partial charge in [0.2, 0.25) is 15.9 Å². The number of hydrogen-bond acceptors (Lipinski definition) is 5. The Balaban J connectivity index is 2.03. The van der Waals surface area contributed by atoms with Crippen LogP contribution in [0.3, 0.4) is 0 Å². The van der Waals surface area contributed by atoms with Crippen LogP contribution in [-0.4, -0.2) is 38.4 Å². The second-order valence-corrected chi connectivity index (χ2v) is 9.05. The fourth-order valence-electron chi connectivity index (χ4n) is 3.27. The molecule has 29 heavy (non-hydrogen) atoms. The monoisotopic (exact) mass is 415 g/mol. The van der Waals surface area contributed by atoms with Crippen molar-refractivity contribution >= 4 is 27.3 Å². The number of nitrogens with one attached hydrogen (secondary N) is 1. The normalized spacial score (nSPS) is 16.7. The summed E-state index contributed by atoms with van der Waals surface area (Å²) >= 11 is 0. The SMILES string of the molecule is COc1cccc([C@H]2CC(c3ccccc3NS(C)(=O)=O)=NN2C(=O)C(C)C)c1. The Labute approximate surface area is 171 Å². The molecule has 3 rings (SSSR count). The predicted octanol–water partition coefficient (Wildman–Crippen LogP) is 3.40. The van der Waals surface area contributed by atoms with Crippen molar-refractivity contribution in [3.05, 3.63) is 59.7 Å². The highest BCUT2D eigenvalue weighted by Gasteiger charge is 2.35. The minimum Gasteiger partial charge on any atom is -0.497 e. The number of ether oxygens (including phenoxy) is 1. The van der Waals surface area contributed by atoms with Gasteiger partial charge in [-0.1, -0.05) is 44.2 Å². The molecule has 1 aliphatic heterocycles. The van der Waals surface area contributed by atoms with Gasteiger partial charge in [-0.25, -0.2) is 13.4 Å². The highest BCUT2D eigenvalue weighted by atomic mass is 32.2. The number of para-hydroxylation sites is 1. The smallest absolute Gasteiger partial charge is 0.245 e. The van der Waals surface area contributed by atoms with Gasteiger partial charge in [0.15, 0.2) is 0 Å². The Kier molecular flexibility index (Phi) is 5.93. The number of methoxy groups -OCH3 is 1. The van der Waals surface area contributed by atoms with Gasteiger partial charge in [-0.05, 0) is 23.8 Å². The number of rotatable bonds is 6. The maximum atomic E-state index is 12.8. The third-order valence-electron chi connectivity index (χ3n) is 4.64. The first kappa shape index (κ1) is 20.9. The number of carbonyl (C=O) groups is 1. The molecule has 0 radical (unpaired) electrons. The van der Waals surface area contributed by atoms with Gasteiger partial charge in [0.05, 0.1) is 30.8 Å². The van der Waals surface area contributed by atoms with Crippen LogP contribution in [-0.2, 0) is 14.8 Å². The fourth-order valence-corrected chi connectivity index (χ4v) is 3.85. The number of nitrogens with zero attached hydrogens (tertiary/aromatic N) is 2. The topological polar surface area (TPSA) is 88.1 Å². The number of carbonyl (C=O) groups excluding carboxylic acids is 1. The lowest BCUT2D eigenvalue weighted by Crippen LogP contribution is -2.30. The summed E-state index contributed by atoms with van der Waals surface area (Å²) in [7, 11) is -1.85. The molecule has 0 saturated carbocycles. The molecule has 0 fully saturated rings. The first-order valence-corrected chi connectivity index (χ1v) is 11.2. The van der Waals surface area contributed by atoms with Gasteiger partial charge in [0.25, 0.3) is 0 Å². The van der Waals surface area contributed by atoms with Gasteiger partial charge in [0.1, 0.15) is 5.75 Å². The Morgan fingerprint density at radius 2 is 1.93 bits per heavy atom. The first-order chi connectivity index (χ1) is 13.7. The summed E-state index contributed by atoms with van der Waals surface area (Å²) in [6.07, 6.45) is 1.57. The molecule has 0 bridgehead atoms.